The lowest BCUT2D eigenvalue weighted by Crippen LogP contribution is -2.36. The fourth-order valence-electron chi connectivity index (χ4n) is 1.60. The molecule has 0 aliphatic carbocycles. The van der Waals surface area contributed by atoms with E-state index in [1.807, 2.05) is 24.3 Å². The summed E-state index contributed by atoms with van der Waals surface area (Å²) in [7, 11) is 0. The van der Waals surface area contributed by atoms with Crippen LogP contribution in [0.3, 0.4) is 0 Å². The summed E-state index contributed by atoms with van der Waals surface area (Å²) in [6.07, 6.45) is 0. The number of benzene rings is 1. The van der Waals surface area contributed by atoms with Crippen molar-refractivity contribution in [2.75, 3.05) is 0 Å². The van der Waals surface area contributed by atoms with Crippen LogP contribution in [0.4, 0.5) is 0 Å². The topological polar surface area (TPSA) is 55.6 Å². The SMILES string of the molecule is CC(C)(C)NCc1nnnn1Cc1ccccc1Cl. The molecule has 1 heterocycles. The Morgan fingerprint density at radius 3 is 2.68 bits per heavy atom. The number of tetrazole rings is 1. The van der Waals surface area contributed by atoms with Gasteiger partial charge in [0.1, 0.15) is 0 Å². The summed E-state index contributed by atoms with van der Waals surface area (Å²) in [4.78, 5) is 0. The number of rotatable bonds is 4. The lowest BCUT2D eigenvalue weighted by atomic mass is 10.1. The first-order chi connectivity index (χ1) is 8.96. The second kappa shape index (κ2) is 5.67. The standard InChI is InChI=1S/C13H18ClN5/c1-13(2,3)15-8-12-16-17-18-19(12)9-10-6-4-5-7-11(10)14/h4-7,15H,8-9H2,1-3H3. The van der Waals surface area contributed by atoms with Crippen LogP contribution in [0.5, 0.6) is 0 Å². The van der Waals surface area contributed by atoms with E-state index in [2.05, 4.69) is 41.6 Å². The maximum Gasteiger partial charge on any atom is 0.165 e. The number of aromatic nitrogens is 4. The molecule has 0 unspecified atom stereocenters. The predicted octanol–water partition coefficient (Wildman–Crippen LogP) is 2.26. The number of hydrogen-bond acceptors (Lipinski definition) is 4. The van der Waals surface area contributed by atoms with Crippen molar-refractivity contribution in [1.29, 1.82) is 0 Å². The van der Waals surface area contributed by atoms with Gasteiger partial charge in [0.2, 0.25) is 0 Å². The third-order valence-corrected chi connectivity index (χ3v) is 3.03. The summed E-state index contributed by atoms with van der Waals surface area (Å²) in [5.74, 6) is 0.801. The molecular formula is C13H18ClN5. The predicted molar refractivity (Wildman–Crippen MR) is 75.0 cm³/mol. The first-order valence-corrected chi connectivity index (χ1v) is 6.57. The van der Waals surface area contributed by atoms with Gasteiger partial charge in [0.15, 0.2) is 5.82 Å². The molecule has 0 radical (unpaired) electrons. The van der Waals surface area contributed by atoms with Crippen LogP contribution in [0.15, 0.2) is 24.3 Å². The number of hydrogen-bond donors (Lipinski definition) is 1. The fourth-order valence-corrected chi connectivity index (χ4v) is 1.80. The van der Waals surface area contributed by atoms with Gasteiger partial charge < -0.3 is 5.32 Å². The molecular weight excluding hydrogens is 262 g/mol. The molecule has 102 valence electrons. The van der Waals surface area contributed by atoms with E-state index in [0.29, 0.717) is 13.1 Å². The van der Waals surface area contributed by atoms with Gasteiger partial charge in [0.25, 0.3) is 0 Å². The van der Waals surface area contributed by atoms with Crippen LogP contribution >= 0.6 is 11.6 Å². The van der Waals surface area contributed by atoms with Crippen LogP contribution in [0, 0.1) is 0 Å². The van der Waals surface area contributed by atoms with Crippen molar-refractivity contribution in [3.05, 3.63) is 40.7 Å². The van der Waals surface area contributed by atoms with Crippen molar-refractivity contribution in [1.82, 2.24) is 25.5 Å². The summed E-state index contributed by atoms with van der Waals surface area (Å²) < 4.78 is 1.76. The molecule has 0 aliphatic heterocycles. The van der Waals surface area contributed by atoms with E-state index >= 15 is 0 Å². The molecule has 2 rings (SSSR count). The quantitative estimate of drug-likeness (QED) is 0.933. The highest BCUT2D eigenvalue weighted by Gasteiger charge is 2.13. The molecule has 2 aromatic rings. The van der Waals surface area contributed by atoms with Crippen molar-refractivity contribution in [3.63, 3.8) is 0 Å². The Bertz CT molecular complexity index is 544. The highest BCUT2D eigenvalue weighted by atomic mass is 35.5. The third kappa shape index (κ3) is 4.01. The molecule has 5 nitrogen and oxygen atoms in total. The zero-order valence-corrected chi connectivity index (χ0v) is 12.1. The van der Waals surface area contributed by atoms with Gasteiger partial charge in [-0.25, -0.2) is 4.68 Å². The molecule has 0 saturated heterocycles. The van der Waals surface area contributed by atoms with E-state index in [1.165, 1.54) is 0 Å². The summed E-state index contributed by atoms with van der Waals surface area (Å²) in [6.45, 7) is 7.52. The highest BCUT2D eigenvalue weighted by Crippen LogP contribution is 2.16. The van der Waals surface area contributed by atoms with Crippen molar-refractivity contribution in [2.24, 2.45) is 0 Å². The number of halogens is 1. The van der Waals surface area contributed by atoms with E-state index in [9.17, 15) is 0 Å². The van der Waals surface area contributed by atoms with Crippen LogP contribution in [0.1, 0.15) is 32.2 Å². The minimum absolute atomic E-state index is 0.0289. The molecule has 1 N–H and O–H groups in total. The number of nitrogens with one attached hydrogen (secondary N) is 1. The summed E-state index contributed by atoms with van der Waals surface area (Å²) in [5.41, 5.74) is 1.04. The zero-order valence-electron chi connectivity index (χ0n) is 11.4. The Morgan fingerprint density at radius 2 is 2.00 bits per heavy atom. The van der Waals surface area contributed by atoms with E-state index in [4.69, 9.17) is 11.6 Å². The van der Waals surface area contributed by atoms with Gasteiger partial charge in [-0.1, -0.05) is 29.8 Å². The smallest absolute Gasteiger partial charge is 0.165 e. The van der Waals surface area contributed by atoms with Gasteiger partial charge in [-0.15, -0.1) is 5.10 Å². The van der Waals surface area contributed by atoms with Gasteiger partial charge in [-0.3, -0.25) is 0 Å². The highest BCUT2D eigenvalue weighted by molar-refractivity contribution is 6.31. The van der Waals surface area contributed by atoms with Crippen molar-refractivity contribution < 1.29 is 0 Å². The monoisotopic (exact) mass is 279 g/mol. The van der Waals surface area contributed by atoms with Gasteiger partial charge >= 0.3 is 0 Å². The molecule has 0 saturated carbocycles. The van der Waals surface area contributed by atoms with Gasteiger partial charge in [0.05, 0.1) is 13.1 Å². The zero-order chi connectivity index (χ0) is 13.9. The van der Waals surface area contributed by atoms with Crippen LogP contribution in [0.2, 0.25) is 5.02 Å². The molecule has 0 aliphatic rings. The molecule has 1 aromatic heterocycles. The van der Waals surface area contributed by atoms with E-state index in [-0.39, 0.29) is 5.54 Å². The first kappa shape index (κ1) is 14.0. The minimum Gasteiger partial charge on any atom is -0.305 e. The van der Waals surface area contributed by atoms with Crippen LogP contribution in [-0.4, -0.2) is 25.7 Å². The van der Waals surface area contributed by atoms with E-state index in [0.717, 1.165) is 16.4 Å². The average Bonchev–Trinajstić information content (AvgIpc) is 2.76. The van der Waals surface area contributed by atoms with Gasteiger partial charge in [0, 0.05) is 10.6 Å². The van der Waals surface area contributed by atoms with Crippen molar-refractivity contribution >= 4 is 11.6 Å². The lowest BCUT2D eigenvalue weighted by Gasteiger charge is -2.19. The van der Waals surface area contributed by atoms with Crippen molar-refractivity contribution in [2.45, 2.75) is 39.4 Å². The fraction of sp³-hybridized carbons (Fsp3) is 0.462. The molecule has 6 heteroatoms. The van der Waals surface area contributed by atoms with Gasteiger partial charge in [-0.2, -0.15) is 0 Å². The summed E-state index contributed by atoms with van der Waals surface area (Å²) in [6, 6.07) is 7.71. The second-order valence-corrected chi connectivity index (χ2v) is 5.85. The minimum atomic E-state index is 0.0289. The lowest BCUT2D eigenvalue weighted by molar-refractivity contribution is 0.410. The molecule has 19 heavy (non-hydrogen) atoms. The Hall–Kier alpha value is -1.46. The van der Waals surface area contributed by atoms with E-state index < -0.39 is 0 Å². The molecule has 0 bridgehead atoms. The molecule has 0 atom stereocenters. The molecule has 0 spiro atoms. The Balaban J connectivity index is 2.10. The molecule has 0 fully saturated rings. The summed E-state index contributed by atoms with van der Waals surface area (Å²) in [5, 5.41) is 15.9. The van der Waals surface area contributed by atoms with Crippen LogP contribution in [0.25, 0.3) is 0 Å². The maximum atomic E-state index is 6.15. The first-order valence-electron chi connectivity index (χ1n) is 6.19. The maximum absolute atomic E-state index is 6.15. The summed E-state index contributed by atoms with van der Waals surface area (Å²) >= 11 is 6.15. The average molecular weight is 280 g/mol. The molecule has 1 aromatic carbocycles. The molecule has 0 amide bonds. The van der Waals surface area contributed by atoms with Gasteiger partial charge in [-0.05, 0) is 42.8 Å². The third-order valence-electron chi connectivity index (χ3n) is 2.66. The normalized spacial score (nSPS) is 11.8. The Morgan fingerprint density at radius 1 is 1.26 bits per heavy atom. The van der Waals surface area contributed by atoms with E-state index in [1.54, 1.807) is 4.68 Å². The van der Waals surface area contributed by atoms with Crippen molar-refractivity contribution in [3.8, 4) is 0 Å². The largest absolute Gasteiger partial charge is 0.305 e. The van der Waals surface area contributed by atoms with Crippen LogP contribution in [-0.2, 0) is 13.1 Å². The number of nitrogens with zero attached hydrogens (tertiary/aromatic N) is 4. The Labute approximate surface area is 118 Å². The Kier molecular flexibility index (Phi) is 4.17. The van der Waals surface area contributed by atoms with Crippen LogP contribution < -0.4 is 5.32 Å². The second-order valence-electron chi connectivity index (χ2n) is 5.45.